The van der Waals surface area contributed by atoms with Crippen LogP contribution >= 0.6 is 0 Å². The van der Waals surface area contributed by atoms with Gasteiger partial charge in [-0.2, -0.15) is 0 Å². The molecule has 3 aromatic heterocycles. The van der Waals surface area contributed by atoms with E-state index >= 15 is 0 Å². The van der Waals surface area contributed by atoms with Gasteiger partial charge in [-0.1, -0.05) is 13.0 Å². The van der Waals surface area contributed by atoms with E-state index in [1.165, 1.54) is 0 Å². The number of aryl methyl sites for hydroxylation is 2. The van der Waals surface area contributed by atoms with E-state index in [0.29, 0.717) is 24.7 Å². The predicted molar refractivity (Wildman–Crippen MR) is 84.9 cm³/mol. The summed E-state index contributed by atoms with van der Waals surface area (Å²) in [7, 11) is 0. The quantitative estimate of drug-likeness (QED) is 0.756. The Bertz CT molecular complexity index is 821. The summed E-state index contributed by atoms with van der Waals surface area (Å²) in [5.74, 6) is 0.670. The summed E-state index contributed by atoms with van der Waals surface area (Å²) in [6, 6.07) is 5.56. The van der Waals surface area contributed by atoms with Crippen LogP contribution in [0.1, 0.15) is 29.9 Å². The summed E-state index contributed by atoms with van der Waals surface area (Å²) < 4.78 is 7.21. The predicted octanol–water partition coefficient (Wildman–Crippen LogP) is 2.19. The Balaban J connectivity index is 1.57. The minimum absolute atomic E-state index is 0.253. The van der Waals surface area contributed by atoms with Gasteiger partial charge < -0.3 is 19.5 Å². The molecular weight excluding hydrogens is 294 g/mol. The minimum Gasteiger partial charge on any atom is -0.449 e. The van der Waals surface area contributed by atoms with Crippen molar-refractivity contribution in [2.75, 3.05) is 0 Å². The van der Waals surface area contributed by atoms with E-state index in [0.717, 1.165) is 23.5 Å². The fourth-order valence-corrected chi connectivity index (χ4v) is 2.37. The van der Waals surface area contributed by atoms with Crippen LogP contribution in [0.3, 0.4) is 0 Å². The number of amides is 2. The second-order valence-corrected chi connectivity index (χ2v) is 5.20. The van der Waals surface area contributed by atoms with Crippen LogP contribution in [0.2, 0.25) is 0 Å². The molecule has 0 saturated carbocycles. The minimum atomic E-state index is -0.253. The molecule has 3 aromatic rings. The monoisotopic (exact) mass is 313 g/mol. The number of carbonyl (C=O) groups excluding carboxylic acids is 1. The van der Waals surface area contributed by atoms with Crippen molar-refractivity contribution in [3.8, 4) is 0 Å². The summed E-state index contributed by atoms with van der Waals surface area (Å²) >= 11 is 0. The van der Waals surface area contributed by atoms with Crippen LogP contribution in [0.4, 0.5) is 4.79 Å². The second-order valence-electron chi connectivity index (χ2n) is 5.20. The van der Waals surface area contributed by atoms with E-state index in [1.54, 1.807) is 6.26 Å². The first kappa shape index (κ1) is 15.1. The first-order valence-electron chi connectivity index (χ1n) is 7.55. The summed E-state index contributed by atoms with van der Waals surface area (Å²) in [5.41, 5.74) is 3.45. The number of hydrogen-bond donors (Lipinski definition) is 2. The Morgan fingerprint density at radius 2 is 2.09 bits per heavy atom. The van der Waals surface area contributed by atoms with Gasteiger partial charge in [0.25, 0.3) is 0 Å². The van der Waals surface area contributed by atoms with Crippen molar-refractivity contribution in [1.82, 2.24) is 25.0 Å². The molecule has 0 bridgehead atoms. The third kappa shape index (κ3) is 3.33. The van der Waals surface area contributed by atoms with Crippen molar-refractivity contribution >= 4 is 11.7 Å². The summed E-state index contributed by atoms with van der Waals surface area (Å²) in [4.78, 5) is 20.6. The fourth-order valence-electron chi connectivity index (χ4n) is 2.37. The van der Waals surface area contributed by atoms with E-state index in [9.17, 15) is 4.79 Å². The zero-order valence-electron chi connectivity index (χ0n) is 13.2. The highest BCUT2D eigenvalue weighted by atomic mass is 16.3. The number of rotatable bonds is 5. The number of pyridine rings is 1. The molecule has 2 amide bonds. The van der Waals surface area contributed by atoms with Crippen LogP contribution in [-0.4, -0.2) is 20.4 Å². The number of carbonyl (C=O) groups is 1. The molecule has 23 heavy (non-hydrogen) atoms. The number of imidazole rings is 1. The Kier molecular flexibility index (Phi) is 4.27. The SMILES string of the molecule is CCc1nc(CNC(=O)NCc2c(C)nc3ccccn23)co1. The highest BCUT2D eigenvalue weighted by Gasteiger charge is 2.10. The first-order chi connectivity index (χ1) is 11.2. The lowest BCUT2D eigenvalue weighted by Crippen LogP contribution is -2.35. The van der Waals surface area contributed by atoms with E-state index in [4.69, 9.17) is 4.42 Å². The van der Waals surface area contributed by atoms with Gasteiger partial charge in [-0.15, -0.1) is 0 Å². The molecule has 120 valence electrons. The van der Waals surface area contributed by atoms with Crippen molar-refractivity contribution in [1.29, 1.82) is 0 Å². The lowest BCUT2D eigenvalue weighted by Gasteiger charge is -2.07. The third-order valence-electron chi connectivity index (χ3n) is 3.58. The highest BCUT2D eigenvalue weighted by Crippen LogP contribution is 2.11. The van der Waals surface area contributed by atoms with Crippen molar-refractivity contribution in [3.05, 3.63) is 53.6 Å². The Morgan fingerprint density at radius 1 is 1.26 bits per heavy atom. The first-order valence-corrected chi connectivity index (χ1v) is 7.55. The van der Waals surface area contributed by atoms with Crippen molar-refractivity contribution in [3.63, 3.8) is 0 Å². The molecule has 0 fully saturated rings. The zero-order valence-corrected chi connectivity index (χ0v) is 13.2. The number of urea groups is 1. The number of aromatic nitrogens is 3. The Labute approximate surface area is 133 Å². The molecule has 0 spiro atoms. The molecule has 0 atom stereocenters. The van der Waals surface area contributed by atoms with Crippen molar-refractivity contribution in [2.45, 2.75) is 33.4 Å². The summed E-state index contributed by atoms with van der Waals surface area (Å²) in [5, 5.41) is 5.60. The molecule has 0 aliphatic carbocycles. The Hall–Kier alpha value is -2.83. The van der Waals surface area contributed by atoms with Gasteiger partial charge in [0.1, 0.15) is 11.9 Å². The van der Waals surface area contributed by atoms with E-state index in [1.807, 2.05) is 42.6 Å². The van der Waals surface area contributed by atoms with Gasteiger partial charge in [0.05, 0.1) is 30.2 Å². The Morgan fingerprint density at radius 3 is 2.87 bits per heavy atom. The molecule has 0 unspecified atom stereocenters. The number of nitrogens with one attached hydrogen (secondary N) is 2. The fraction of sp³-hybridized carbons (Fsp3) is 0.312. The zero-order chi connectivity index (χ0) is 16.2. The maximum Gasteiger partial charge on any atom is 0.315 e. The van der Waals surface area contributed by atoms with Crippen molar-refractivity contribution in [2.24, 2.45) is 0 Å². The van der Waals surface area contributed by atoms with Crippen LogP contribution in [0, 0.1) is 6.92 Å². The van der Waals surface area contributed by atoms with Gasteiger partial charge in [0.15, 0.2) is 5.89 Å². The lowest BCUT2D eigenvalue weighted by atomic mass is 10.3. The number of hydrogen-bond acceptors (Lipinski definition) is 4. The normalized spacial score (nSPS) is 10.9. The molecule has 3 heterocycles. The van der Waals surface area contributed by atoms with Crippen LogP contribution < -0.4 is 10.6 Å². The van der Waals surface area contributed by atoms with E-state index < -0.39 is 0 Å². The van der Waals surface area contributed by atoms with Gasteiger partial charge in [0.2, 0.25) is 0 Å². The molecule has 0 radical (unpaired) electrons. The molecular formula is C16H19N5O2. The maximum atomic E-state index is 11.9. The maximum absolute atomic E-state index is 11.9. The highest BCUT2D eigenvalue weighted by molar-refractivity contribution is 5.73. The molecule has 0 aromatic carbocycles. The van der Waals surface area contributed by atoms with E-state index in [-0.39, 0.29) is 6.03 Å². The molecule has 0 saturated heterocycles. The number of fused-ring (bicyclic) bond motifs is 1. The summed E-state index contributed by atoms with van der Waals surface area (Å²) in [6.07, 6.45) is 4.24. The van der Waals surface area contributed by atoms with Gasteiger partial charge in [-0.25, -0.2) is 14.8 Å². The topological polar surface area (TPSA) is 84.5 Å². The molecule has 7 nitrogen and oxygen atoms in total. The molecule has 2 N–H and O–H groups in total. The average Bonchev–Trinajstić information content (AvgIpc) is 3.14. The van der Waals surface area contributed by atoms with Crippen molar-refractivity contribution < 1.29 is 9.21 Å². The van der Waals surface area contributed by atoms with Gasteiger partial charge in [-0.3, -0.25) is 0 Å². The largest absolute Gasteiger partial charge is 0.449 e. The van der Waals surface area contributed by atoms with Crippen LogP contribution in [0.15, 0.2) is 35.1 Å². The molecule has 7 heteroatoms. The standard InChI is InChI=1S/C16H19N5O2/c1-3-15-20-12(10-23-15)8-17-16(22)18-9-13-11(2)19-14-6-4-5-7-21(13)14/h4-7,10H,3,8-9H2,1-2H3,(H2,17,18,22). The van der Waals surface area contributed by atoms with Gasteiger partial charge >= 0.3 is 6.03 Å². The average molecular weight is 313 g/mol. The van der Waals surface area contributed by atoms with Crippen LogP contribution in [0.25, 0.3) is 5.65 Å². The molecule has 0 aliphatic heterocycles. The molecule has 3 rings (SSSR count). The number of oxazole rings is 1. The lowest BCUT2D eigenvalue weighted by molar-refractivity contribution is 0.240. The number of nitrogens with zero attached hydrogens (tertiary/aromatic N) is 3. The van der Waals surface area contributed by atoms with Gasteiger partial charge in [0, 0.05) is 12.6 Å². The van der Waals surface area contributed by atoms with Crippen LogP contribution in [0.5, 0.6) is 0 Å². The summed E-state index contributed by atoms with van der Waals surface area (Å²) in [6.45, 7) is 4.64. The van der Waals surface area contributed by atoms with Gasteiger partial charge in [-0.05, 0) is 19.1 Å². The molecule has 0 aliphatic rings. The second kappa shape index (κ2) is 6.51. The third-order valence-corrected chi connectivity index (χ3v) is 3.58. The van der Waals surface area contributed by atoms with E-state index in [2.05, 4.69) is 20.6 Å². The smallest absolute Gasteiger partial charge is 0.315 e. The van der Waals surface area contributed by atoms with Crippen LogP contribution in [-0.2, 0) is 19.5 Å².